The molecule has 1 amide bonds. The largest absolute Gasteiger partial charge is 0.352 e. The van der Waals surface area contributed by atoms with Gasteiger partial charge in [0.1, 0.15) is 0 Å². The van der Waals surface area contributed by atoms with Gasteiger partial charge in [-0.15, -0.1) is 0 Å². The van der Waals surface area contributed by atoms with Gasteiger partial charge in [-0.25, -0.2) is 4.98 Å². The molecule has 106 valence electrons. The molecule has 0 bridgehead atoms. The summed E-state index contributed by atoms with van der Waals surface area (Å²) >= 11 is 0. The van der Waals surface area contributed by atoms with Crippen LogP contribution in [0.1, 0.15) is 43.0 Å². The maximum absolute atomic E-state index is 12.2. The Morgan fingerprint density at radius 3 is 2.95 bits per heavy atom. The highest BCUT2D eigenvalue weighted by molar-refractivity contribution is 5.97. The summed E-state index contributed by atoms with van der Waals surface area (Å²) in [5.41, 5.74) is 2.50. The first-order valence-electron chi connectivity index (χ1n) is 7.43. The summed E-state index contributed by atoms with van der Waals surface area (Å²) in [5.74, 6) is 1.51. The van der Waals surface area contributed by atoms with Crippen LogP contribution in [-0.2, 0) is 0 Å². The Balaban J connectivity index is 1.58. The lowest BCUT2D eigenvalue weighted by atomic mass is 9.83. The molecule has 0 radical (unpaired) electrons. The first-order valence-corrected chi connectivity index (χ1v) is 7.43. The van der Waals surface area contributed by atoms with Gasteiger partial charge < -0.3 is 10.3 Å². The predicted molar refractivity (Wildman–Crippen MR) is 79.5 cm³/mol. The Hall–Kier alpha value is -1.84. The number of nitrogens with zero attached hydrogens (tertiary/aromatic N) is 1. The van der Waals surface area contributed by atoms with Crippen LogP contribution in [0.4, 0.5) is 0 Å². The fourth-order valence-electron chi connectivity index (χ4n) is 2.95. The van der Waals surface area contributed by atoms with Crippen LogP contribution < -0.4 is 5.32 Å². The maximum atomic E-state index is 12.2. The molecule has 1 fully saturated rings. The number of aromatic amines is 1. The van der Waals surface area contributed by atoms with Crippen LogP contribution in [0.15, 0.2) is 24.5 Å². The van der Waals surface area contributed by atoms with E-state index in [-0.39, 0.29) is 5.91 Å². The van der Waals surface area contributed by atoms with Crippen molar-refractivity contribution in [3.05, 3.63) is 30.1 Å². The molecule has 1 aromatic heterocycles. The van der Waals surface area contributed by atoms with Crippen molar-refractivity contribution in [2.45, 2.75) is 32.6 Å². The monoisotopic (exact) mass is 271 g/mol. The van der Waals surface area contributed by atoms with Crippen molar-refractivity contribution in [1.82, 2.24) is 15.3 Å². The molecule has 0 saturated heterocycles. The molecule has 0 spiro atoms. The first-order chi connectivity index (χ1) is 9.72. The number of carbonyl (C=O) groups is 1. The zero-order chi connectivity index (χ0) is 13.9. The third-order valence-corrected chi connectivity index (χ3v) is 4.37. The van der Waals surface area contributed by atoms with E-state index in [2.05, 4.69) is 22.2 Å². The van der Waals surface area contributed by atoms with E-state index in [1.165, 1.54) is 25.7 Å². The minimum atomic E-state index is 0.0140. The molecule has 1 heterocycles. The fourth-order valence-corrected chi connectivity index (χ4v) is 2.95. The molecule has 1 aliphatic carbocycles. The van der Waals surface area contributed by atoms with Crippen molar-refractivity contribution in [2.24, 2.45) is 11.8 Å². The number of aromatic nitrogens is 2. The second-order valence-corrected chi connectivity index (χ2v) is 5.97. The Morgan fingerprint density at radius 2 is 2.15 bits per heavy atom. The van der Waals surface area contributed by atoms with Crippen molar-refractivity contribution in [1.29, 1.82) is 0 Å². The van der Waals surface area contributed by atoms with E-state index in [1.54, 1.807) is 6.33 Å². The van der Waals surface area contributed by atoms with Gasteiger partial charge in [0, 0.05) is 12.1 Å². The number of fused-ring (bicyclic) bond motifs is 1. The molecule has 4 heteroatoms. The Morgan fingerprint density at radius 1 is 1.35 bits per heavy atom. The Kier molecular flexibility index (Phi) is 3.72. The van der Waals surface area contributed by atoms with E-state index in [1.807, 2.05) is 18.2 Å². The zero-order valence-corrected chi connectivity index (χ0v) is 11.9. The summed E-state index contributed by atoms with van der Waals surface area (Å²) in [7, 11) is 0. The topological polar surface area (TPSA) is 57.8 Å². The standard InChI is InChI=1S/C16H21N3O/c1-11-2-4-12(5-3-11)9-17-16(20)13-6-7-14-15(8-13)19-10-18-14/h6-8,10-12H,2-5,9H2,1H3,(H,17,20)(H,18,19). The molecule has 0 unspecified atom stereocenters. The lowest BCUT2D eigenvalue weighted by Crippen LogP contribution is -2.31. The Bertz CT molecular complexity index is 597. The van der Waals surface area contributed by atoms with Crippen LogP contribution in [0.5, 0.6) is 0 Å². The summed E-state index contributed by atoms with van der Waals surface area (Å²) in [4.78, 5) is 19.4. The van der Waals surface area contributed by atoms with Gasteiger partial charge in [-0.05, 0) is 42.9 Å². The van der Waals surface area contributed by atoms with E-state index in [0.717, 1.165) is 23.5 Å². The highest BCUT2D eigenvalue weighted by Crippen LogP contribution is 2.27. The summed E-state index contributed by atoms with van der Waals surface area (Å²) in [5, 5.41) is 3.07. The molecule has 20 heavy (non-hydrogen) atoms. The van der Waals surface area contributed by atoms with Gasteiger partial charge in [-0.1, -0.05) is 19.8 Å². The van der Waals surface area contributed by atoms with Gasteiger partial charge in [0.15, 0.2) is 0 Å². The van der Waals surface area contributed by atoms with Gasteiger partial charge in [0.25, 0.3) is 5.91 Å². The average molecular weight is 271 g/mol. The normalized spacial score (nSPS) is 22.9. The number of benzene rings is 1. The summed E-state index contributed by atoms with van der Waals surface area (Å²) < 4.78 is 0. The van der Waals surface area contributed by atoms with E-state index in [4.69, 9.17) is 0 Å². The van der Waals surface area contributed by atoms with Crippen molar-refractivity contribution in [2.75, 3.05) is 6.54 Å². The quantitative estimate of drug-likeness (QED) is 0.901. The van der Waals surface area contributed by atoms with Gasteiger partial charge in [0.2, 0.25) is 0 Å². The second kappa shape index (κ2) is 5.65. The molecule has 2 N–H and O–H groups in total. The van der Waals surface area contributed by atoms with Crippen LogP contribution in [-0.4, -0.2) is 22.4 Å². The molecule has 3 rings (SSSR count). The minimum absolute atomic E-state index is 0.0140. The molecule has 4 nitrogen and oxygen atoms in total. The van der Waals surface area contributed by atoms with Crippen molar-refractivity contribution in [3.8, 4) is 0 Å². The van der Waals surface area contributed by atoms with Crippen LogP contribution in [0.25, 0.3) is 11.0 Å². The van der Waals surface area contributed by atoms with Crippen LogP contribution in [0, 0.1) is 11.8 Å². The number of nitrogens with one attached hydrogen (secondary N) is 2. The summed E-state index contributed by atoms with van der Waals surface area (Å²) in [6.45, 7) is 3.11. The lowest BCUT2D eigenvalue weighted by Gasteiger charge is -2.26. The smallest absolute Gasteiger partial charge is 0.251 e. The van der Waals surface area contributed by atoms with Crippen molar-refractivity contribution < 1.29 is 4.79 Å². The zero-order valence-electron chi connectivity index (χ0n) is 11.9. The molecule has 0 aliphatic heterocycles. The van der Waals surface area contributed by atoms with Gasteiger partial charge in [0.05, 0.1) is 17.4 Å². The van der Waals surface area contributed by atoms with Gasteiger partial charge in [-0.2, -0.15) is 0 Å². The predicted octanol–water partition coefficient (Wildman–Crippen LogP) is 3.12. The van der Waals surface area contributed by atoms with E-state index in [9.17, 15) is 4.79 Å². The molecule has 1 saturated carbocycles. The van der Waals surface area contributed by atoms with Crippen molar-refractivity contribution in [3.63, 3.8) is 0 Å². The van der Waals surface area contributed by atoms with E-state index in [0.29, 0.717) is 11.5 Å². The molecular weight excluding hydrogens is 250 g/mol. The third-order valence-electron chi connectivity index (χ3n) is 4.37. The van der Waals surface area contributed by atoms with Crippen LogP contribution in [0.2, 0.25) is 0 Å². The SMILES string of the molecule is CC1CCC(CNC(=O)c2ccc3nc[nH]c3c2)CC1. The number of hydrogen-bond donors (Lipinski definition) is 2. The van der Waals surface area contributed by atoms with E-state index < -0.39 is 0 Å². The number of carbonyl (C=O) groups excluding carboxylic acids is 1. The lowest BCUT2D eigenvalue weighted by molar-refractivity contribution is 0.0942. The maximum Gasteiger partial charge on any atom is 0.251 e. The number of rotatable bonds is 3. The van der Waals surface area contributed by atoms with Gasteiger partial charge >= 0.3 is 0 Å². The number of imidazole rings is 1. The number of amides is 1. The van der Waals surface area contributed by atoms with Crippen molar-refractivity contribution >= 4 is 16.9 Å². The minimum Gasteiger partial charge on any atom is -0.352 e. The molecule has 1 aliphatic rings. The van der Waals surface area contributed by atoms with Gasteiger partial charge in [-0.3, -0.25) is 4.79 Å². The molecule has 1 aromatic carbocycles. The Labute approximate surface area is 119 Å². The molecule has 0 atom stereocenters. The molecule has 2 aromatic rings. The number of hydrogen-bond acceptors (Lipinski definition) is 2. The average Bonchev–Trinajstić information content (AvgIpc) is 2.93. The fraction of sp³-hybridized carbons (Fsp3) is 0.500. The van der Waals surface area contributed by atoms with Crippen LogP contribution in [0.3, 0.4) is 0 Å². The summed E-state index contributed by atoms with van der Waals surface area (Å²) in [6, 6.07) is 5.57. The highest BCUT2D eigenvalue weighted by Gasteiger charge is 2.19. The second-order valence-electron chi connectivity index (χ2n) is 5.97. The molecular formula is C16H21N3O. The number of H-pyrrole nitrogens is 1. The summed E-state index contributed by atoms with van der Waals surface area (Å²) in [6.07, 6.45) is 6.71. The first kappa shape index (κ1) is 13.2. The van der Waals surface area contributed by atoms with Crippen LogP contribution >= 0.6 is 0 Å². The highest BCUT2D eigenvalue weighted by atomic mass is 16.1. The third kappa shape index (κ3) is 2.84. The van der Waals surface area contributed by atoms with E-state index >= 15 is 0 Å².